The van der Waals surface area contributed by atoms with Gasteiger partial charge in [-0.2, -0.15) is 0 Å². The molecule has 3 heteroatoms. The Morgan fingerprint density at radius 1 is 1.53 bits per heavy atom. The lowest BCUT2D eigenvalue weighted by Crippen LogP contribution is -2.31. The Kier molecular flexibility index (Phi) is 2.80. The average Bonchev–Trinajstić information content (AvgIpc) is 2.65. The zero-order chi connectivity index (χ0) is 10.8. The number of nitrogens with zero attached hydrogens (tertiary/aromatic N) is 2. The first-order chi connectivity index (χ1) is 7.18. The van der Waals surface area contributed by atoms with Crippen molar-refractivity contribution in [1.29, 1.82) is 0 Å². The maximum atomic E-state index is 4.41. The fourth-order valence-electron chi connectivity index (χ4n) is 2.32. The summed E-state index contributed by atoms with van der Waals surface area (Å²) >= 11 is 0. The number of H-pyrrole nitrogens is 1. The lowest BCUT2D eigenvalue weighted by molar-refractivity contribution is 0.262. The van der Waals surface area contributed by atoms with Crippen LogP contribution >= 0.6 is 0 Å². The number of aromatic amines is 1. The molecule has 1 N–H and O–H groups in total. The molecule has 1 fully saturated rings. The number of allylic oxidation sites excluding steroid dienone is 1. The van der Waals surface area contributed by atoms with Gasteiger partial charge >= 0.3 is 0 Å². The number of likely N-dealkylation sites (tertiary alicyclic amines) is 1. The predicted octanol–water partition coefficient (Wildman–Crippen LogP) is 2.43. The van der Waals surface area contributed by atoms with E-state index in [1.807, 2.05) is 0 Å². The molecule has 2 heterocycles. The largest absolute Gasteiger partial charge is 0.375 e. The lowest BCUT2D eigenvalue weighted by atomic mass is 9.92. The number of hydrogen-bond acceptors (Lipinski definition) is 2. The molecule has 0 aliphatic carbocycles. The van der Waals surface area contributed by atoms with Gasteiger partial charge in [-0.3, -0.25) is 0 Å². The molecule has 0 saturated carbocycles. The van der Waals surface area contributed by atoms with Gasteiger partial charge in [-0.15, -0.1) is 0 Å². The molecule has 1 saturated heterocycles. The summed E-state index contributed by atoms with van der Waals surface area (Å²) in [6.07, 6.45) is 4.19. The Labute approximate surface area is 91.2 Å². The third-order valence-electron chi connectivity index (χ3n) is 3.29. The van der Waals surface area contributed by atoms with Gasteiger partial charge in [0.1, 0.15) is 0 Å². The van der Waals surface area contributed by atoms with Gasteiger partial charge in [-0.1, -0.05) is 6.58 Å². The first kappa shape index (κ1) is 10.3. The molecular weight excluding hydrogens is 186 g/mol. The molecule has 0 aromatic carbocycles. The normalized spacial score (nSPS) is 18.1. The summed E-state index contributed by atoms with van der Waals surface area (Å²) in [5.74, 6) is 0.631. The number of rotatable bonds is 2. The van der Waals surface area contributed by atoms with Crippen LogP contribution in [0, 0.1) is 6.92 Å². The molecule has 15 heavy (non-hydrogen) atoms. The molecular formula is C12H19N3. The van der Waals surface area contributed by atoms with Crippen molar-refractivity contribution in [3.8, 4) is 0 Å². The number of imidazole rings is 1. The zero-order valence-corrected chi connectivity index (χ0v) is 9.58. The fraction of sp³-hybridized carbons (Fsp3) is 0.583. The SMILES string of the molecule is C=C(C)N1CCC(c2nc[nH]c2C)CC1. The van der Waals surface area contributed by atoms with Crippen LogP contribution in [0.2, 0.25) is 0 Å². The van der Waals surface area contributed by atoms with Crippen molar-refractivity contribution in [3.05, 3.63) is 30.0 Å². The minimum atomic E-state index is 0.631. The second-order valence-corrected chi connectivity index (χ2v) is 4.41. The van der Waals surface area contributed by atoms with Gasteiger partial charge in [0.15, 0.2) is 0 Å². The first-order valence-corrected chi connectivity index (χ1v) is 5.59. The highest BCUT2D eigenvalue weighted by Crippen LogP contribution is 2.29. The van der Waals surface area contributed by atoms with E-state index in [0.29, 0.717) is 5.92 Å². The van der Waals surface area contributed by atoms with E-state index in [-0.39, 0.29) is 0 Å². The highest BCUT2D eigenvalue weighted by Gasteiger charge is 2.22. The summed E-state index contributed by atoms with van der Waals surface area (Å²) in [4.78, 5) is 9.93. The Bertz CT molecular complexity index is 346. The van der Waals surface area contributed by atoms with Gasteiger partial charge in [0.2, 0.25) is 0 Å². The molecule has 0 bridgehead atoms. The molecule has 1 aromatic rings. The summed E-state index contributed by atoms with van der Waals surface area (Å²) in [7, 11) is 0. The third kappa shape index (κ3) is 2.06. The Hall–Kier alpha value is -1.25. The number of hydrogen-bond donors (Lipinski definition) is 1. The molecule has 82 valence electrons. The molecule has 0 unspecified atom stereocenters. The van der Waals surface area contributed by atoms with Crippen LogP contribution < -0.4 is 0 Å². The highest BCUT2D eigenvalue weighted by atomic mass is 15.1. The van der Waals surface area contributed by atoms with Crippen molar-refractivity contribution in [3.63, 3.8) is 0 Å². The average molecular weight is 205 g/mol. The molecule has 0 amide bonds. The van der Waals surface area contributed by atoms with Gasteiger partial charge in [-0.25, -0.2) is 4.98 Å². The lowest BCUT2D eigenvalue weighted by Gasteiger charge is -2.33. The van der Waals surface area contributed by atoms with Crippen LogP contribution in [0.5, 0.6) is 0 Å². The fourth-order valence-corrected chi connectivity index (χ4v) is 2.32. The van der Waals surface area contributed by atoms with E-state index >= 15 is 0 Å². The summed E-state index contributed by atoms with van der Waals surface area (Å²) in [6, 6.07) is 0. The van der Waals surface area contributed by atoms with Crippen LogP contribution in [0.1, 0.15) is 37.1 Å². The maximum absolute atomic E-state index is 4.41. The van der Waals surface area contributed by atoms with Gasteiger partial charge in [0.25, 0.3) is 0 Å². The van der Waals surface area contributed by atoms with E-state index in [9.17, 15) is 0 Å². The van der Waals surface area contributed by atoms with Crippen LogP contribution in [-0.2, 0) is 0 Å². The molecule has 3 nitrogen and oxygen atoms in total. The monoisotopic (exact) mass is 205 g/mol. The van der Waals surface area contributed by atoms with E-state index in [1.54, 1.807) is 6.33 Å². The van der Waals surface area contributed by atoms with Crippen molar-refractivity contribution < 1.29 is 0 Å². The predicted molar refractivity (Wildman–Crippen MR) is 61.7 cm³/mol. The summed E-state index contributed by atoms with van der Waals surface area (Å²) in [5, 5.41) is 0. The van der Waals surface area contributed by atoms with Crippen molar-refractivity contribution in [1.82, 2.24) is 14.9 Å². The molecule has 0 spiro atoms. The van der Waals surface area contributed by atoms with E-state index < -0.39 is 0 Å². The maximum Gasteiger partial charge on any atom is 0.0925 e. The number of piperidine rings is 1. The van der Waals surface area contributed by atoms with Crippen LogP contribution in [0.3, 0.4) is 0 Å². The van der Waals surface area contributed by atoms with E-state index in [4.69, 9.17) is 0 Å². The molecule has 1 aromatic heterocycles. The van der Waals surface area contributed by atoms with Gasteiger partial charge < -0.3 is 9.88 Å². The van der Waals surface area contributed by atoms with Crippen LogP contribution in [-0.4, -0.2) is 28.0 Å². The van der Waals surface area contributed by atoms with Crippen molar-refractivity contribution >= 4 is 0 Å². The van der Waals surface area contributed by atoms with Gasteiger partial charge in [-0.05, 0) is 26.7 Å². The number of aromatic nitrogens is 2. The molecule has 2 rings (SSSR count). The van der Waals surface area contributed by atoms with Gasteiger partial charge in [0.05, 0.1) is 12.0 Å². The van der Waals surface area contributed by atoms with E-state index in [0.717, 1.165) is 13.1 Å². The van der Waals surface area contributed by atoms with Crippen LogP contribution in [0.4, 0.5) is 0 Å². The third-order valence-corrected chi connectivity index (χ3v) is 3.29. The minimum absolute atomic E-state index is 0.631. The summed E-state index contributed by atoms with van der Waals surface area (Å²) in [5.41, 5.74) is 3.67. The molecule has 1 aliphatic rings. The van der Waals surface area contributed by atoms with Crippen molar-refractivity contribution in [2.24, 2.45) is 0 Å². The Morgan fingerprint density at radius 3 is 2.67 bits per heavy atom. The standard InChI is InChI=1S/C12H19N3/c1-9(2)15-6-4-11(5-7-15)12-10(3)13-8-14-12/h8,11H,1,4-7H2,2-3H3,(H,13,14). The molecule has 1 aliphatic heterocycles. The van der Waals surface area contributed by atoms with Crippen molar-refractivity contribution in [2.45, 2.75) is 32.6 Å². The van der Waals surface area contributed by atoms with E-state index in [1.165, 1.54) is 29.9 Å². The van der Waals surface area contributed by atoms with E-state index in [2.05, 4.69) is 35.3 Å². The van der Waals surface area contributed by atoms with Crippen LogP contribution in [0.15, 0.2) is 18.6 Å². The van der Waals surface area contributed by atoms with Crippen LogP contribution in [0.25, 0.3) is 0 Å². The second kappa shape index (κ2) is 4.09. The number of aryl methyl sites for hydroxylation is 1. The second-order valence-electron chi connectivity index (χ2n) is 4.41. The molecule has 0 atom stereocenters. The highest BCUT2D eigenvalue weighted by molar-refractivity contribution is 5.15. The quantitative estimate of drug-likeness (QED) is 0.804. The summed E-state index contributed by atoms with van der Waals surface area (Å²) < 4.78 is 0. The summed E-state index contributed by atoms with van der Waals surface area (Å²) in [6.45, 7) is 10.4. The Balaban J connectivity index is 2.00. The van der Waals surface area contributed by atoms with Gasteiger partial charge in [0, 0.05) is 30.4 Å². The topological polar surface area (TPSA) is 31.9 Å². The smallest absolute Gasteiger partial charge is 0.0925 e. The first-order valence-electron chi connectivity index (χ1n) is 5.59. The number of nitrogens with one attached hydrogen (secondary N) is 1. The van der Waals surface area contributed by atoms with Crippen molar-refractivity contribution in [2.75, 3.05) is 13.1 Å². The zero-order valence-electron chi connectivity index (χ0n) is 9.58. The molecule has 0 radical (unpaired) electrons. The Morgan fingerprint density at radius 2 is 2.20 bits per heavy atom. The minimum Gasteiger partial charge on any atom is -0.375 e.